The molecule has 28 heavy (non-hydrogen) atoms. The largest absolute Gasteiger partial charge is 0.391 e. The lowest BCUT2D eigenvalue weighted by Crippen LogP contribution is -2.50. The van der Waals surface area contributed by atoms with Crippen molar-refractivity contribution in [3.8, 4) is 0 Å². The van der Waals surface area contributed by atoms with Crippen molar-refractivity contribution in [3.63, 3.8) is 0 Å². The van der Waals surface area contributed by atoms with Crippen LogP contribution in [0.2, 0.25) is 0 Å². The first-order valence-corrected chi connectivity index (χ1v) is 9.48. The van der Waals surface area contributed by atoms with Gasteiger partial charge in [-0.3, -0.25) is 9.78 Å². The van der Waals surface area contributed by atoms with E-state index in [1.807, 2.05) is 25.1 Å². The highest BCUT2D eigenvalue weighted by atomic mass is 19.4. The molecule has 0 spiro atoms. The van der Waals surface area contributed by atoms with Crippen molar-refractivity contribution in [2.24, 2.45) is 5.92 Å². The van der Waals surface area contributed by atoms with E-state index in [4.69, 9.17) is 4.74 Å². The summed E-state index contributed by atoms with van der Waals surface area (Å²) in [5.74, 6) is -0.543. The van der Waals surface area contributed by atoms with Crippen LogP contribution in [0.5, 0.6) is 0 Å². The van der Waals surface area contributed by atoms with Gasteiger partial charge in [-0.25, -0.2) is 0 Å². The normalized spacial score (nSPS) is 20.0. The van der Waals surface area contributed by atoms with E-state index in [1.54, 1.807) is 6.07 Å². The van der Waals surface area contributed by atoms with Gasteiger partial charge in [0, 0.05) is 30.3 Å². The zero-order valence-corrected chi connectivity index (χ0v) is 16.1. The summed E-state index contributed by atoms with van der Waals surface area (Å²) in [7, 11) is 0. The number of pyridine rings is 1. The van der Waals surface area contributed by atoms with Gasteiger partial charge in [0.25, 0.3) is 5.91 Å². The molecule has 4 nitrogen and oxygen atoms in total. The molecule has 0 aliphatic carbocycles. The third-order valence-corrected chi connectivity index (χ3v) is 5.17. The second kappa shape index (κ2) is 8.07. The lowest BCUT2D eigenvalue weighted by molar-refractivity contribution is -0.150. The molecular weight excluding hydrogens is 369 g/mol. The maximum Gasteiger partial charge on any atom is 0.391 e. The number of nitrogens with zero attached hydrogens (tertiary/aromatic N) is 1. The summed E-state index contributed by atoms with van der Waals surface area (Å²) < 4.78 is 45.1. The third kappa shape index (κ3) is 5.22. The molecule has 0 bridgehead atoms. The van der Waals surface area contributed by atoms with Gasteiger partial charge in [0.1, 0.15) is 0 Å². The number of aromatic nitrogens is 1. The first-order chi connectivity index (χ1) is 13.2. The Balaban J connectivity index is 1.81. The minimum absolute atomic E-state index is 0.00113. The van der Waals surface area contributed by atoms with Crippen LogP contribution in [0.1, 0.15) is 48.5 Å². The second-order valence-corrected chi connectivity index (χ2v) is 7.96. The van der Waals surface area contributed by atoms with E-state index in [-0.39, 0.29) is 17.9 Å². The van der Waals surface area contributed by atoms with Crippen LogP contribution in [0.25, 0.3) is 10.9 Å². The lowest BCUT2D eigenvalue weighted by Gasteiger charge is -2.36. The molecule has 2 aromatic rings. The summed E-state index contributed by atoms with van der Waals surface area (Å²) >= 11 is 0. The molecule has 152 valence electrons. The van der Waals surface area contributed by atoms with Gasteiger partial charge < -0.3 is 10.1 Å². The Labute approximate surface area is 162 Å². The van der Waals surface area contributed by atoms with Crippen molar-refractivity contribution < 1.29 is 22.7 Å². The van der Waals surface area contributed by atoms with Gasteiger partial charge in [-0.1, -0.05) is 18.2 Å². The highest BCUT2D eigenvalue weighted by Gasteiger charge is 2.42. The van der Waals surface area contributed by atoms with Gasteiger partial charge in [0.05, 0.1) is 17.5 Å². The topological polar surface area (TPSA) is 51.2 Å². The minimum atomic E-state index is -4.38. The van der Waals surface area contributed by atoms with E-state index in [9.17, 15) is 18.0 Å². The fraction of sp³-hybridized carbons (Fsp3) is 0.524. The number of halogens is 3. The highest BCUT2D eigenvalue weighted by Crippen LogP contribution is 2.34. The number of amides is 1. The Morgan fingerprint density at radius 1 is 1.36 bits per heavy atom. The molecule has 0 saturated carbocycles. The van der Waals surface area contributed by atoms with Gasteiger partial charge in [-0.2, -0.15) is 13.2 Å². The van der Waals surface area contributed by atoms with E-state index < -0.39 is 24.0 Å². The number of carbonyl (C=O) groups is 1. The Morgan fingerprint density at radius 2 is 2.14 bits per heavy atom. The van der Waals surface area contributed by atoms with E-state index >= 15 is 0 Å². The van der Waals surface area contributed by atoms with E-state index in [0.29, 0.717) is 13.2 Å². The van der Waals surface area contributed by atoms with Gasteiger partial charge >= 0.3 is 6.18 Å². The number of alkyl halides is 3. The predicted octanol–water partition coefficient (Wildman–Crippen LogP) is 4.80. The number of para-hydroxylation sites is 1. The number of ether oxygens (including phenoxy) is 1. The van der Waals surface area contributed by atoms with Crippen molar-refractivity contribution in [1.29, 1.82) is 0 Å². The number of fused-ring (bicyclic) bond motifs is 1. The minimum Gasteiger partial charge on any atom is -0.381 e. The van der Waals surface area contributed by atoms with Crippen molar-refractivity contribution in [3.05, 3.63) is 41.6 Å². The van der Waals surface area contributed by atoms with Crippen LogP contribution in [-0.4, -0.2) is 35.8 Å². The predicted molar refractivity (Wildman–Crippen MR) is 101 cm³/mol. The first-order valence-electron chi connectivity index (χ1n) is 9.48. The zero-order chi connectivity index (χ0) is 20.4. The Kier molecular flexibility index (Phi) is 5.93. The van der Waals surface area contributed by atoms with Gasteiger partial charge in [0.15, 0.2) is 0 Å². The molecule has 1 N–H and O–H groups in total. The van der Waals surface area contributed by atoms with E-state index in [0.717, 1.165) is 29.3 Å². The van der Waals surface area contributed by atoms with Crippen LogP contribution in [-0.2, 0) is 4.74 Å². The fourth-order valence-electron chi connectivity index (χ4n) is 4.00. The molecule has 2 unspecified atom stereocenters. The monoisotopic (exact) mass is 394 g/mol. The summed E-state index contributed by atoms with van der Waals surface area (Å²) in [6.45, 7) is 4.45. The number of benzene rings is 1. The molecule has 1 aromatic heterocycles. The van der Waals surface area contributed by atoms with Crippen LogP contribution >= 0.6 is 0 Å². The number of nitrogens with one attached hydrogen (secondary N) is 1. The molecule has 3 rings (SSSR count). The van der Waals surface area contributed by atoms with E-state index in [1.165, 1.54) is 13.1 Å². The van der Waals surface area contributed by atoms with Crippen LogP contribution in [0.4, 0.5) is 13.2 Å². The molecule has 0 radical (unpaired) electrons. The fourth-order valence-corrected chi connectivity index (χ4v) is 4.00. The maximum atomic E-state index is 13.2. The highest BCUT2D eigenvalue weighted by molar-refractivity contribution is 5.98. The quantitative estimate of drug-likeness (QED) is 0.793. The van der Waals surface area contributed by atoms with Crippen LogP contribution in [0.15, 0.2) is 30.5 Å². The summed E-state index contributed by atoms with van der Waals surface area (Å²) in [6.07, 6.45) is -2.19. The summed E-state index contributed by atoms with van der Waals surface area (Å²) in [5.41, 5.74) is 0.606. The van der Waals surface area contributed by atoms with Gasteiger partial charge in [-0.05, 0) is 50.7 Å². The molecule has 1 saturated heterocycles. The smallest absolute Gasteiger partial charge is 0.381 e. The molecule has 1 amide bonds. The molecule has 1 fully saturated rings. The van der Waals surface area contributed by atoms with Crippen LogP contribution < -0.4 is 5.32 Å². The molecular formula is C21H25F3N2O2. The molecule has 2 atom stereocenters. The van der Waals surface area contributed by atoms with Crippen LogP contribution in [0, 0.1) is 12.8 Å². The number of rotatable bonds is 5. The Bertz CT molecular complexity index is 847. The summed E-state index contributed by atoms with van der Waals surface area (Å²) in [5, 5.41) is 3.42. The average Bonchev–Trinajstić information content (AvgIpc) is 2.60. The maximum absolute atomic E-state index is 13.2. The molecule has 1 aliphatic rings. The first kappa shape index (κ1) is 20.6. The number of carbonyl (C=O) groups excluding carboxylic acids is 1. The number of hydrogen-bond acceptors (Lipinski definition) is 3. The van der Waals surface area contributed by atoms with Crippen molar-refractivity contribution in [2.75, 3.05) is 13.2 Å². The van der Waals surface area contributed by atoms with Crippen LogP contribution in [0.3, 0.4) is 0 Å². The Morgan fingerprint density at radius 3 is 2.82 bits per heavy atom. The number of hydrogen-bond donors (Lipinski definition) is 1. The zero-order valence-electron chi connectivity index (χ0n) is 16.1. The molecule has 1 aromatic carbocycles. The SMILES string of the molecule is Cc1cccc2cc(C(=O)NC(C)(CC3CCCOC3)CC(F)(F)F)cnc12. The van der Waals surface area contributed by atoms with E-state index in [2.05, 4.69) is 10.3 Å². The Hall–Kier alpha value is -2.15. The molecule has 1 aliphatic heterocycles. The van der Waals surface area contributed by atoms with Gasteiger partial charge in [0.2, 0.25) is 0 Å². The standard InChI is InChI=1S/C21H25F3N2O2/c1-14-5-3-7-16-9-17(11-25-18(14)16)19(27)26-20(2,13-21(22,23)24)10-15-6-4-8-28-12-15/h3,5,7,9,11,15H,4,6,8,10,12-13H2,1-2H3,(H,26,27). The second-order valence-electron chi connectivity index (χ2n) is 7.96. The van der Waals surface area contributed by atoms with Crippen molar-refractivity contribution in [1.82, 2.24) is 10.3 Å². The third-order valence-electron chi connectivity index (χ3n) is 5.17. The molecule has 7 heteroatoms. The lowest BCUT2D eigenvalue weighted by atomic mass is 9.83. The van der Waals surface area contributed by atoms with Gasteiger partial charge in [-0.15, -0.1) is 0 Å². The summed E-state index contributed by atoms with van der Waals surface area (Å²) in [4.78, 5) is 17.1. The number of aryl methyl sites for hydroxylation is 1. The average molecular weight is 394 g/mol. The summed E-state index contributed by atoms with van der Waals surface area (Å²) in [6, 6.07) is 7.28. The van der Waals surface area contributed by atoms with Crippen molar-refractivity contribution in [2.45, 2.75) is 51.2 Å². The molecule has 2 heterocycles. The van der Waals surface area contributed by atoms with Crippen molar-refractivity contribution >= 4 is 16.8 Å².